The number of sulfonamides is 1. The third-order valence-electron chi connectivity index (χ3n) is 4.59. The molecule has 0 unspecified atom stereocenters. The van der Waals surface area contributed by atoms with E-state index in [1.165, 1.54) is 18.3 Å². The van der Waals surface area contributed by atoms with Gasteiger partial charge in [0.2, 0.25) is 5.95 Å². The molecule has 2 heterocycles. The number of aryl methyl sites for hydroxylation is 1. The molecule has 168 valence electrons. The van der Waals surface area contributed by atoms with Crippen LogP contribution in [0.4, 0.5) is 11.6 Å². The fourth-order valence-electron chi connectivity index (χ4n) is 2.90. The molecule has 0 aliphatic rings. The summed E-state index contributed by atoms with van der Waals surface area (Å²) in [6, 6.07) is 15.2. The van der Waals surface area contributed by atoms with Crippen LogP contribution in [0.15, 0.2) is 70.7 Å². The fraction of sp³-hybridized carbons (Fsp3) is 0.143. The molecule has 2 aromatic carbocycles. The van der Waals surface area contributed by atoms with Crippen LogP contribution in [0.1, 0.15) is 17.1 Å². The summed E-state index contributed by atoms with van der Waals surface area (Å²) in [7, 11) is -3.96. The van der Waals surface area contributed by atoms with E-state index in [1.54, 1.807) is 43.5 Å². The first-order valence-corrected chi connectivity index (χ1v) is 11.7. The Hall–Kier alpha value is -3.70. The van der Waals surface area contributed by atoms with Gasteiger partial charge in [0.25, 0.3) is 10.0 Å². The Morgan fingerprint density at radius 3 is 2.52 bits per heavy atom. The van der Waals surface area contributed by atoms with Crippen molar-refractivity contribution in [1.29, 1.82) is 0 Å². The van der Waals surface area contributed by atoms with Gasteiger partial charge in [-0.25, -0.2) is 22.7 Å². The van der Waals surface area contributed by atoms with E-state index in [-0.39, 0.29) is 23.8 Å². The monoisotopic (exact) mass is 482 g/mol. The summed E-state index contributed by atoms with van der Waals surface area (Å²) in [4.78, 5) is 12.9. The maximum absolute atomic E-state index is 13.5. The van der Waals surface area contributed by atoms with E-state index in [4.69, 9.17) is 11.6 Å². The average Bonchev–Trinajstić information content (AvgIpc) is 3.33. The lowest BCUT2D eigenvalue weighted by Crippen LogP contribution is -2.34. The topological polar surface area (TPSA) is 130 Å². The van der Waals surface area contributed by atoms with E-state index in [2.05, 4.69) is 35.6 Å². The second kappa shape index (κ2) is 9.84. The van der Waals surface area contributed by atoms with Crippen molar-refractivity contribution < 1.29 is 8.42 Å². The second-order valence-corrected chi connectivity index (χ2v) is 9.26. The van der Waals surface area contributed by atoms with Crippen molar-refractivity contribution in [2.75, 3.05) is 10.8 Å². The first kappa shape index (κ1) is 22.5. The lowest BCUT2D eigenvalue weighted by molar-refractivity contribution is 0.588. The highest BCUT2D eigenvalue weighted by Gasteiger charge is 2.27. The van der Waals surface area contributed by atoms with Gasteiger partial charge in [-0.15, -0.1) is 10.2 Å². The molecule has 0 radical (unpaired) electrons. The van der Waals surface area contributed by atoms with Crippen LogP contribution in [0.3, 0.4) is 0 Å². The number of aromatic nitrogens is 6. The Morgan fingerprint density at radius 1 is 1.09 bits per heavy atom. The van der Waals surface area contributed by atoms with Crippen LogP contribution < -0.4 is 4.31 Å². The Labute approximate surface area is 195 Å². The van der Waals surface area contributed by atoms with Crippen molar-refractivity contribution in [3.63, 3.8) is 0 Å². The molecule has 0 fully saturated rings. The number of halogens is 1. The van der Waals surface area contributed by atoms with Crippen molar-refractivity contribution in [1.82, 2.24) is 30.6 Å². The van der Waals surface area contributed by atoms with Gasteiger partial charge in [0.1, 0.15) is 0 Å². The SMILES string of the molecule is Cc1ccnc(N(CCc2nn[nH]n2)S(=O)(=O)c2ccc(N=Cc3ccc(Cl)cc3)cc2)n1. The highest BCUT2D eigenvalue weighted by molar-refractivity contribution is 7.92. The summed E-state index contributed by atoms with van der Waals surface area (Å²) >= 11 is 5.89. The van der Waals surface area contributed by atoms with Gasteiger partial charge in [-0.2, -0.15) is 5.21 Å². The highest BCUT2D eigenvalue weighted by atomic mass is 35.5. The molecule has 4 aromatic rings. The summed E-state index contributed by atoms with van der Waals surface area (Å²) < 4.78 is 28.1. The van der Waals surface area contributed by atoms with Gasteiger partial charge >= 0.3 is 0 Å². The molecule has 4 rings (SSSR count). The van der Waals surface area contributed by atoms with Crippen molar-refractivity contribution in [2.24, 2.45) is 4.99 Å². The van der Waals surface area contributed by atoms with Crippen LogP contribution in [0.2, 0.25) is 5.02 Å². The first-order chi connectivity index (χ1) is 15.9. The first-order valence-electron chi connectivity index (χ1n) is 9.86. The number of anilines is 1. The number of nitrogens with one attached hydrogen (secondary N) is 1. The van der Waals surface area contributed by atoms with Crippen LogP contribution in [-0.2, 0) is 16.4 Å². The average molecular weight is 483 g/mol. The van der Waals surface area contributed by atoms with E-state index in [1.807, 2.05) is 12.1 Å². The van der Waals surface area contributed by atoms with Gasteiger partial charge in [-0.05, 0) is 55.0 Å². The Balaban J connectivity index is 1.59. The molecule has 10 nitrogen and oxygen atoms in total. The standard InChI is InChI=1S/C21H19ClN8O2S/c1-15-10-12-23-21(25-15)30(13-11-20-26-28-29-27-20)33(31,32)19-8-6-18(7-9-19)24-14-16-2-4-17(22)5-3-16/h2-10,12,14H,11,13H2,1H3,(H,26,27,28,29). The van der Waals surface area contributed by atoms with Gasteiger partial charge in [-0.1, -0.05) is 28.9 Å². The smallest absolute Gasteiger partial charge is 0.256 e. The number of nitrogens with zero attached hydrogens (tertiary/aromatic N) is 7. The fourth-order valence-corrected chi connectivity index (χ4v) is 4.40. The van der Waals surface area contributed by atoms with E-state index >= 15 is 0 Å². The summed E-state index contributed by atoms with van der Waals surface area (Å²) in [5.41, 5.74) is 2.13. The number of tetrazole rings is 1. The maximum Gasteiger partial charge on any atom is 0.266 e. The largest absolute Gasteiger partial charge is 0.266 e. The summed E-state index contributed by atoms with van der Waals surface area (Å²) in [5, 5.41) is 14.3. The van der Waals surface area contributed by atoms with Gasteiger partial charge < -0.3 is 0 Å². The zero-order valence-corrected chi connectivity index (χ0v) is 19.1. The molecule has 0 saturated carbocycles. The van der Waals surface area contributed by atoms with Crippen LogP contribution >= 0.6 is 11.6 Å². The third kappa shape index (κ3) is 5.57. The van der Waals surface area contributed by atoms with Gasteiger partial charge in [0, 0.05) is 36.1 Å². The zero-order chi connectivity index (χ0) is 23.3. The maximum atomic E-state index is 13.5. The number of aliphatic imine (C=N–C) groups is 1. The van der Waals surface area contributed by atoms with Crippen molar-refractivity contribution in [3.05, 3.63) is 82.9 Å². The molecule has 33 heavy (non-hydrogen) atoms. The van der Waals surface area contributed by atoms with Crippen molar-refractivity contribution >= 4 is 39.5 Å². The molecule has 0 saturated heterocycles. The number of hydrogen-bond donors (Lipinski definition) is 1. The molecular weight excluding hydrogens is 464 g/mol. The number of benzene rings is 2. The minimum absolute atomic E-state index is 0.0434. The number of hydrogen-bond acceptors (Lipinski definition) is 8. The minimum Gasteiger partial charge on any atom is -0.256 e. The van der Waals surface area contributed by atoms with E-state index in [0.717, 1.165) is 9.87 Å². The van der Waals surface area contributed by atoms with Crippen LogP contribution in [-0.4, -0.2) is 51.8 Å². The quantitative estimate of drug-likeness (QED) is 0.382. The van der Waals surface area contributed by atoms with E-state index in [9.17, 15) is 8.42 Å². The Morgan fingerprint density at radius 2 is 1.85 bits per heavy atom. The molecule has 0 bridgehead atoms. The predicted molar refractivity (Wildman–Crippen MR) is 124 cm³/mol. The number of H-pyrrole nitrogens is 1. The number of aromatic amines is 1. The molecule has 0 spiro atoms. The summed E-state index contributed by atoms with van der Waals surface area (Å²) in [6.45, 7) is 1.81. The Kier molecular flexibility index (Phi) is 6.71. The van der Waals surface area contributed by atoms with Crippen molar-refractivity contribution in [2.45, 2.75) is 18.2 Å². The normalized spacial score (nSPS) is 11.7. The molecule has 0 aliphatic carbocycles. The lowest BCUT2D eigenvalue weighted by Gasteiger charge is -2.22. The van der Waals surface area contributed by atoms with E-state index < -0.39 is 10.0 Å². The minimum atomic E-state index is -3.96. The molecule has 12 heteroatoms. The summed E-state index contributed by atoms with van der Waals surface area (Å²) in [6.07, 6.45) is 3.43. The van der Waals surface area contributed by atoms with Crippen LogP contribution in [0.25, 0.3) is 0 Å². The number of rotatable bonds is 8. The Bertz CT molecular complexity index is 1340. The molecular formula is C21H19ClN8O2S. The van der Waals surface area contributed by atoms with Crippen LogP contribution in [0.5, 0.6) is 0 Å². The molecule has 2 aromatic heterocycles. The lowest BCUT2D eigenvalue weighted by atomic mass is 10.2. The van der Waals surface area contributed by atoms with Crippen LogP contribution in [0, 0.1) is 6.92 Å². The summed E-state index contributed by atoms with van der Waals surface area (Å²) in [5.74, 6) is 0.457. The van der Waals surface area contributed by atoms with Gasteiger partial charge in [-0.3, -0.25) is 4.99 Å². The van der Waals surface area contributed by atoms with Gasteiger partial charge in [0.05, 0.1) is 10.6 Å². The third-order valence-corrected chi connectivity index (χ3v) is 6.64. The van der Waals surface area contributed by atoms with Crippen molar-refractivity contribution in [3.8, 4) is 0 Å². The van der Waals surface area contributed by atoms with Gasteiger partial charge in [0.15, 0.2) is 5.82 Å². The highest BCUT2D eigenvalue weighted by Crippen LogP contribution is 2.23. The molecule has 0 atom stereocenters. The molecule has 0 amide bonds. The second-order valence-electron chi connectivity index (χ2n) is 6.96. The molecule has 0 aliphatic heterocycles. The molecule has 1 N–H and O–H groups in total. The predicted octanol–water partition coefficient (Wildman–Crippen LogP) is 3.14. The zero-order valence-electron chi connectivity index (χ0n) is 17.5. The van der Waals surface area contributed by atoms with E-state index in [0.29, 0.717) is 22.2 Å².